The predicted octanol–water partition coefficient (Wildman–Crippen LogP) is 1.82. The van der Waals surface area contributed by atoms with Gasteiger partial charge in [-0.15, -0.1) is 5.10 Å². The van der Waals surface area contributed by atoms with E-state index in [1.54, 1.807) is 0 Å². The molecule has 1 aliphatic rings. The lowest BCUT2D eigenvalue weighted by Crippen LogP contribution is -2.19. The maximum atomic E-state index is 4.78. The minimum atomic E-state index is 0.194. The Bertz CT molecular complexity index is 864. The number of nitrogens with zero attached hydrogens (tertiary/aromatic N) is 8. The molecule has 0 unspecified atom stereocenters. The predicted molar refractivity (Wildman–Crippen MR) is 94.8 cm³/mol. The second-order valence-corrected chi connectivity index (χ2v) is 6.94. The van der Waals surface area contributed by atoms with E-state index in [4.69, 9.17) is 4.98 Å². The highest BCUT2D eigenvalue weighted by molar-refractivity contribution is 5.43. The number of aromatic nitrogens is 7. The van der Waals surface area contributed by atoms with E-state index in [-0.39, 0.29) is 5.92 Å². The SMILES string of the molecule is Cc1ncc(C)n2nc(C[C@@H](C)c3nc(N4CCCC4)nn3C)nc12. The quantitative estimate of drug-likeness (QED) is 0.721. The van der Waals surface area contributed by atoms with Crippen molar-refractivity contribution in [3.63, 3.8) is 0 Å². The van der Waals surface area contributed by atoms with Crippen LogP contribution in [0.5, 0.6) is 0 Å². The largest absolute Gasteiger partial charge is 0.340 e. The first-order valence-electron chi connectivity index (χ1n) is 8.86. The summed E-state index contributed by atoms with van der Waals surface area (Å²) in [6.45, 7) is 8.21. The van der Waals surface area contributed by atoms with Gasteiger partial charge in [0.25, 0.3) is 0 Å². The zero-order valence-corrected chi connectivity index (χ0v) is 15.3. The third-order valence-electron chi connectivity index (χ3n) is 4.86. The van der Waals surface area contributed by atoms with Gasteiger partial charge in [0.15, 0.2) is 11.5 Å². The lowest BCUT2D eigenvalue weighted by atomic mass is 10.1. The summed E-state index contributed by atoms with van der Waals surface area (Å²) in [5.41, 5.74) is 2.71. The molecule has 1 fully saturated rings. The molecule has 1 aliphatic heterocycles. The lowest BCUT2D eigenvalue weighted by molar-refractivity contribution is 0.606. The molecule has 0 saturated carbocycles. The number of aryl methyl sites for hydroxylation is 3. The van der Waals surface area contributed by atoms with Crippen LogP contribution >= 0.6 is 0 Å². The van der Waals surface area contributed by atoms with Crippen molar-refractivity contribution in [2.24, 2.45) is 7.05 Å². The van der Waals surface area contributed by atoms with Gasteiger partial charge in [-0.2, -0.15) is 10.1 Å². The van der Waals surface area contributed by atoms with Crippen LogP contribution in [0, 0.1) is 13.8 Å². The second kappa shape index (κ2) is 6.09. The van der Waals surface area contributed by atoms with Crippen LogP contribution in [-0.4, -0.2) is 47.4 Å². The molecule has 4 heterocycles. The Hall–Kier alpha value is -2.51. The van der Waals surface area contributed by atoms with Crippen LogP contribution in [0.3, 0.4) is 0 Å². The zero-order valence-electron chi connectivity index (χ0n) is 15.3. The summed E-state index contributed by atoms with van der Waals surface area (Å²) in [5, 5.41) is 9.25. The smallest absolute Gasteiger partial charge is 0.244 e. The molecular weight excluding hydrogens is 316 g/mol. The summed E-state index contributed by atoms with van der Waals surface area (Å²) >= 11 is 0. The van der Waals surface area contributed by atoms with Gasteiger partial charge in [0.2, 0.25) is 5.95 Å². The van der Waals surface area contributed by atoms with Crippen LogP contribution in [0.15, 0.2) is 6.20 Å². The van der Waals surface area contributed by atoms with Crippen molar-refractivity contribution in [1.29, 1.82) is 0 Å². The van der Waals surface area contributed by atoms with Crippen molar-refractivity contribution in [1.82, 2.24) is 34.3 Å². The summed E-state index contributed by atoms with van der Waals surface area (Å²) in [4.78, 5) is 16.1. The van der Waals surface area contributed by atoms with Gasteiger partial charge in [-0.25, -0.2) is 9.50 Å². The highest BCUT2D eigenvalue weighted by Crippen LogP contribution is 2.22. The molecule has 1 atom stereocenters. The number of anilines is 1. The van der Waals surface area contributed by atoms with Gasteiger partial charge in [-0.3, -0.25) is 9.67 Å². The van der Waals surface area contributed by atoms with Gasteiger partial charge in [-0.1, -0.05) is 6.92 Å². The van der Waals surface area contributed by atoms with Crippen LogP contribution in [0.25, 0.3) is 5.65 Å². The van der Waals surface area contributed by atoms with Crippen LogP contribution in [0.1, 0.15) is 48.7 Å². The van der Waals surface area contributed by atoms with Crippen LogP contribution in [0.2, 0.25) is 0 Å². The molecule has 25 heavy (non-hydrogen) atoms. The molecule has 0 bridgehead atoms. The molecule has 3 aromatic rings. The lowest BCUT2D eigenvalue weighted by Gasteiger charge is -2.11. The van der Waals surface area contributed by atoms with Gasteiger partial charge in [-0.05, 0) is 26.7 Å². The number of rotatable bonds is 4. The van der Waals surface area contributed by atoms with Crippen molar-refractivity contribution in [3.05, 3.63) is 29.2 Å². The zero-order chi connectivity index (χ0) is 17.6. The average Bonchev–Trinajstić information content (AvgIpc) is 3.29. The Morgan fingerprint density at radius 3 is 2.60 bits per heavy atom. The summed E-state index contributed by atoms with van der Waals surface area (Å²) in [6, 6.07) is 0. The monoisotopic (exact) mass is 340 g/mol. The van der Waals surface area contributed by atoms with Crippen molar-refractivity contribution < 1.29 is 0 Å². The number of fused-ring (bicyclic) bond motifs is 1. The number of hydrogen-bond acceptors (Lipinski definition) is 6. The van der Waals surface area contributed by atoms with E-state index in [1.165, 1.54) is 12.8 Å². The topological polar surface area (TPSA) is 77.0 Å². The molecule has 0 aromatic carbocycles. The molecule has 8 nitrogen and oxygen atoms in total. The van der Waals surface area contributed by atoms with Crippen LogP contribution in [-0.2, 0) is 13.5 Å². The van der Waals surface area contributed by atoms with Crippen molar-refractivity contribution in [2.45, 2.75) is 46.0 Å². The molecule has 0 N–H and O–H groups in total. The first-order valence-corrected chi connectivity index (χ1v) is 8.86. The Morgan fingerprint density at radius 2 is 1.88 bits per heavy atom. The summed E-state index contributed by atoms with van der Waals surface area (Å²) < 4.78 is 3.77. The van der Waals surface area contributed by atoms with E-state index in [0.717, 1.165) is 54.1 Å². The van der Waals surface area contributed by atoms with E-state index in [0.29, 0.717) is 0 Å². The Labute approximate surface area is 146 Å². The second-order valence-electron chi connectivity index (χ2n) is 6.94. The fourth-order valence-electron chi connectivity index (χ4n) is 3.45. The van der Waals surface area contributed by atoms with Crippen LogP contribution < -0.4 is 4.90 Å². The maximum absolute atomic E-state index is 4.78. The highest BCUT2D eigenvalue weighted by Gasteiger charge is 2.22. The first kappa shape index (κ1) is 16.0. The Kier molecular flexibility index (Phi) is 3.89. The molecule has 1 saturated heterocycles. The Balaban J connectivity index is 1.59. The summed E-state index contributed by atoms with van der Waals surface area (Å²) in [6.07, 6.45) is 5.00. The van der Waals surface area contributed by atoms with Gasteiger partial charge in [0, 0.05) is 38.7 Å². The third-order valence-corrected chi connectivity index (χ3v) is 4.86. The van der Waals surface area contributed by atoms with Crippen molar-refractivity contribution >= 4 is 11.6 Å². The van der Waals surface area contributed by atoms with Crippen LogP contribution in [0.4, 0.5) is 5.95 Å². The molecule has 0 amide bonds. The molecule has 8 heteroatoms. The molecule has 0 spiro atoms. The first-order chi connectivity index (χ1) is 12.0. The molecular formula is C17H24N8. The summed E-state index contributed by atoms with van der Waals surface area (Å²) in [5.74, 6) is 2.84. The molecule has 4 rings (SSSR count). The average molecular weight is 340 g/mol. The fraction of sp³-hybridized carbons (Fsp3) is 0.588. The molecule has 3 aromatic heterocycles. The van der Waals surface area contributed by atoms with Crippen molar-refractivity contribution in [3.8, 4) is 0 Å². The van der Waals surface area contributed by atoms with E-state index >= 15 is 0 Å². The molecule has 132 valence electrons. The third kappa shape index (κ3) is 2.85. The fourth-order valence-corrected chi connectivity index (χ4v) is 3.45. The number of hydrogen-bond donors (Lipinski definition) is 0. The highest BCUT2D eigenvalue weighted by atomic mass is 15.4. The van der Waals surface area contributed by atoms with E-state index < -0.39 is 0 Å². The summed E-state index contributed by atoms with van der Waals surface area (Å²) in [7, 11) is 1.97. The van der Waals surface area contributed by atoms with E-state index in [1.807, 2.05) is 36.3 Å². The molecule has 0 aliphatic carbocycles. The van der Waals surface area contributed by atoms with Gasteiger partial charge >= 0.3 is 0 Å². The minimum Gasteiger partial charge on any atom is -0.340 e. The maximum Gasteiger partial charge on any atom is 0.244 e. The standard InChI is InChI=1S/C17H24N8/c1-11(15-20-17(22-23(15)4)24-7-5-6-8-24)9-14-19-16-13(3)18-10-12(2)25(16)21-14/h10-11H,5-9H2,1-4H3/t11-/m1/s1. The normalized spacial score (nSPS) is 16.1. The van der Waals surface area contributed by atoms with Gasteiger partial charge < -0.3 is 4.90 Å². The van der Waals surface area contributed by atoms with E-state index in [9.17, 15) is 0 Å². The molecule has 0 radical (unpaired) electrons. The van der Waals surface area contributed by atoms with E-state index in [2.05, 4.69) is 32.0 Å². The van der Waals surface area contributed by atoms with Gasteiger partial charge in [0.05, 0.1) is 11.4 Å². The minimum absolute atomic E-state index is 0.194. The van der Waals surface area contributed by atoms with Crippen molar-refractivity contribution in [2.75, 3.05) is 18.0 Å². The Morgan fingerprint density at radius 1 is 1.12 bits per heavy atom. The van der Waals surface area contributed by atoms with Gasteiger partial charge in [0.1, 0.15) is 5.82 Å².